The molecular weight excluding hydrogens is 411 g/mol. The van der Waals surface area contributed by atoms with E-state index >= 15 is 0 Å². The van der Waals surface area contributed by atoms with Gasteiger partial charge in [0.2, 0.25) is 10.0 Å². The lowest BCUT2D eigenvalue weighted by Crippen LogP contribution is -2.52. The molecule has 7 nitrogen and oxygen atoms in total. The van der Waals surface area contributed by atoms with E-state index in [4.69, 9.17) is 0 Å². The number of hydrogen-bond donors (Lipinski definition) is 1. The highest BCUT2D eigenvalue weighted by molar-refractivity contribution is 7.89. The molecule has 1 fully saturated rings. The van der Waals surface area contributed by atoms with Gasteiger partial charge in [0, 0.05) is 26.2 Å². The fourth-order valence-electron chi connectivity index (χ4n) is 3.75. The molecule has 0 aromatic heterocycles. The Kier molecular flexibility index (Phi) is 6.14. The Hall–Kier alpha value is -2.52. The maximum absolute atomic E-state index is 13.9. The SMILES string of the molecule is Cc1c(CC(=O)O)cc2ccc(F)cc2c1C(=O)N1CCN(S(=O)(=O)C(C)C)CC1. The molecule has 0 saturated carbocycles. The van der Waals surface area contributed by atoms with E-state index in [1.165, 1.54) is 22.5 Å². The summed E-state index contributed by atoms with van der Waals surface area (Å²) in [6.45, 7) is 5.69. The van der Waals surface area contributed by atoms with Crippen molar-refractivity contribution in [3.05, 3.63) is 46.8 Å². The molecule has 3 rings (SSSR count). The Labute approximate surface area is 175 Å². The van der Waals surface area contributed by atoms with Crippen LogP contribution in [0.5, 0.6) is 0 Å². The second kappa shape index (κ2) is 8.31. The van der Waals surface area contributed by atoms with Crippen molar-refractivity contribution in [2.45, 2.75) is 32.4 Å². The van der Waals surface area contributed by atoms with E-state index in [0.29, 0.717) is 21.9 Å². The van der Waals surface area contributed by atoms with Gasteiger partial charge in [-0.2, -0.15) is 4.31 Å². The molecule has 1 saturated heterocycles. The van der Waals surface area contributed by atoms with Crippen LogP contribution < -0.4 is 0 Å². The van der Waals surface area contributed by atoms with Crippen LogP contribution in [0.4, 0.5) is 4.39 Å². The number of carboxylic acids is 1. The minimum atomic E-state index is -3.40. The molecule has 2 aromatic carbocycles. The summed E-state index contributed by atoms with van der Waals surface area (Å²) < 4.78 is 40.1. The normalized spacial score (nSPS) is 15.7. The van der Waals surface area contributed by atoms with Crippen LogP contribution in [0.25, 0.3) is 10.8 Å². The minimum absolute atomic E-state index is 0.187. The minimum Gasteiger partial charge on any atom is -0.481 e. The molecule has 0 spiro atoms. The lowest BCUT2D eigenvalue weighted by atomic mass is 9.92. The van der Waals surface area contributed by atoms with E-state index in [2.05, 4.69) is 0 Å². The zero-order valence-corrected chi connectivity index (χ0v) is 18.0. The summed E-state index contributed by atoms with van der Waals surface area (Å²) in [4.78, 5) is 26.2. The molecule has 9 heteroatoms. The number of aliphatic carboxylic acids is 1. The Balaban J connectivity index is 1.98. The molecule has 0 unspecified atom stereocenters. The van der Waals surface area contributed by atoms with Crippen LogP contribution in [0.1, 0.15) is 35.3 Å². The maximum atomic E-state index is 13.9. The second-order valence-electron chi connectivity index (χ2n) is 7.76. The number of carbonyl (C=O) groups excluding carboxylic acids is 1. The first kappa shape index (κ1) is 22.2. The highest BCUT2D eigenvalue weighted by atomic mass is 32.2. The van der Waals surface area contributed by atoms with Crippen LogP contribution in [-0.4, -0.2) is 66.0 Å². The number of sulfonamides is 1. The smallest absolute Gasteiger partial charge is 0.307 e. The molecule has 0 bridgehead atoms. The fraction of sp³-hybridized carbons (Fsp3) is 0.429. The Morgan fingerprint density at radius 1 is 1.13 bits per heavy atom. The number of amides is 1. The molecule has 162 valence electrons. The predicted molar refractivity (Wildman–Crippen MR) is 112 cm³/mol. The molecule has 1 aliphatic rings. The van der Waals surface area contributed by atoms with Crippen LogP contribution in [0.2, 0.25) is 0 Å². The number of halogens is 1. The first-order valence-corrected chi connectivity index (χ1v) is 11.2. The first-order valence-electron chi connectivity index (χ1n) is 9.74. The number of rotatable bonds is 5. The van der Waals surface area contributed by atoms with Crippen molar-refractivity contribution in [1.82, 2.24) is 9.21 Å². The van der Waals surface area contributed by atoms with Crippen LogP contribution in [0.3, 0.4) is 0 Å². The molecule has 0 aliphatic carbocycles. The zero-order chi connectivity index (χ0) is 22.2. The third-order valence-corrected chi connectivity index (χ3v) is 7.78. The van der Waals surface area contributed by atoms with E-state index < -0.39 is 27.1 Å². The Bertz CT molecular complexity index is 1110. The number of nitrogens with zero attached hydrogens (tertiary/aromatic N) is 2. The van der Waals surface area contributed by atoms with Gasteiger partial charge in [0.05, 0.1) is 17.2 Å². The summed E-state index contributed by atoms with van der Waals surface area (Å²) in [6, 6.07) is 5.74. The number of carboxylic acid groups (broad SMARTS) is 1. The van der Waals surface area contributed by atoms with E-state index in [1.54, 1.807) is 31.7 Å². The lowest BCUT2D eigenvalue weighted by molar-refractivity contribution is -0.136. The zero-order valence-electron chi connectivity index (χ0n) is 17.2. The molecule has 0 atom stereocenters. The molecule has 1 heterocycles. The van der Waals surface area contributed by atoms with Gasteiger partial charge in [0.25, 0.3) is 5.91 Å². The summed E-state index contributed by atoms with van der Waals surface area (Å²) in [5.74, 6) is -1.86. The third-order valence-electron chi connectivity index (χ3n) is 5.51. The van der Waals surface area contributed by atoms with Gasteiger partial charge < -0.3 is 10.0 Å². The number of hydrogen-bond acceptors (Lipinski definition) is 4. The second-order valence-corrected chi connectivity index (χ2v) is 10.2. The highest BCUT2D eigenvalue weighted by Crippen LogP contribution is 2.29. The summed E-state index contributed by atoms with van der Waals surface area (Å²) >= 11 is 0. The Morgan fingerprint density at radius 3 is 2.33 bits per heavy atom. The topological polar surface area (TPSA) is 95.0 Å². The summed E-state index contributed by atoms with van der Waals surface area (Å²) in [7, 11) is -3.40. The van der Waals surface area contributed by atoms with Gasteiger partial charge in [-0.3, -0.25) is 9.59 Å². The molecule has 2 aromatic rings. The van der Waals surface area contributed by atoms with Gasteiger partial charge >= 0.3 is 5.97 Å². The fourth-order valence-corrected chi connectivity index (χ4v) is 5.02. The van der Waals surface area contributed by atoms with Crippen molar-refractivity contribution in [3.8, 4) is 0 Å². The lowest BCUT2D eigenvalue weighted by Gasteiger charge is -2.35. The summed E-state index contributed by atoms with van der Waals surface area (Å²) in [5.41, 5.74) is 1.26. The van der Waals surface area contributed by atoms with Gasteiger partial charge in [-0.15, -0.1) is 0 Å². The largest absolute Gasteiger partial charge is 0.481 e. The van der Waals surface area contributed by atoms with Gasteiger partial charge in [0.15, 0.2) is 0 Å². The van der Waals surface area contributed by atoms with Crippen LogP contribution in [0.15, 0.2) is 24.3 Å². The Morgan fingerprint density at radius 2 is 1.77 bits per heavy atom. The van der Waals surface area contributed by atoms with E-state index in [1.807, 2.05) is 0 Å². The van der Waals surface area contributed by atoms with Crippen molar-refractivity contribution in [2.75, 3.05) is 26.2 Å². The standard InChI is InChI=1S/C21H25FN2O5S/c1-13(2)30(28,29)24-8-6-23(7-9-24)21(27)20-14(3)16(11-19(25)26)10-15-4-5-17(22)12-18(15)20/h4-5,10,12-13H,6-9,11H2,1-3H3,(H,25,26). The van der Waals surface area contributed by atoms with Crippen LogP contribution in [-0.2, 0) is 21.2 Å². The number of piperazine rings is 1. The van der Waals surface area contributed by atoms with Crippen LogP contribution >= 0.6 is 0 Å². The summed E-state index contributed by atoms with van der Waals surface area (Å²) in [6.07, 6.45) is -0.250. The maximum Gasteiger partial charge on any atom is 0.307 e. The first-order chi connectivity index (χ1) is 14.0. The quantitative estimate of drug-likeness (QED) is 0.777. The van der Waals surface area contributed by atoms with Crippen molar-refractivity contribution in [2.24, 2.45) is 0 Å². The number of carbonyl (C=O) groups is 2. The van der Waals surface area contributed by atoms with Crippen LogP contribution in [0, 0.1) is 12.7 Å². The van der Waals surface area contributed by atoms with E-state index in [9.17, 15) is 27.5 Å². The molecule has 1 amide bonds. The van der Waals surface area contributed by atoms with Crippen molar-refractivity contribution in [3.63, 3.8) is 0 Å². The molecule has 0 radical (unpaired) electrons. The van der Waals surface area contributed by atoms with Crippen molar-refractivity contribution < 1.29 is 27.5 Å². The van der Waals surface area contributed by atoms with Crippen molar-refractivity contribution in [1.29, 1.82) is 0 Å². The highest BCUT2D eigenvalue weighted by Gasteiger charge is 2.32. The average Bonchev–Trinajstić information content (AvgIpc) is 2.68. The van der Waals surface area contributed by atoms with Gasteiger partial charge in [-0.05, 0) is 54.8 Å². The predicted octanol–water partition coefficient (Wildman–Crippen LogP) is 2.41. The molecule has 1 aliphatic heterocycles. The average molecular weight is 437 g/mol. The molecule has 30 heavy (non-hydrogen) atoms. The van der Waals surface area contributed by atoms with Gasteiger partial charge in [0.1, 0.15) is 5.82 Å². The third kappa shape index (κ3) is 4.17. The molecule has 1 N–H and O–H groups in total. The van der Waals surface area contributed by atoms with Gasteiger partial charge in [-0.1, -0.05) is 12.1 Å². The van der Waals surface area contributed by atoms with E-state index in [-0.39, 0.29) is 44.1 Å². The van der Waals surface area contributed by atoms with Gasteiger partial charge in [-0.25, -0.2) is 12.8 Å². The number of benzene rings is 2. The number of fused-ring (bicyclic) bond motifs is 1. The van der Waals surface area contributed by atoms with Crippen molar-refractivity contribution >= 4 is 32.7 Å². The summed E-state index contributed by atoms with van der Waals surface area (Å²) in [5, 5.41) is 9.68. The monoisotopic (exact) mass is 436 g/mol. The molecular formula is C21H25FN2O5S. The van der Waals surface area contributed by atoms with E-state index in [0.717, 1.165) is 0 Å².